The number of fused-ring (bicyclic) bond motifs is 1. The smallest absolute Gasteiger partial charge is 0.0100 e. The van der Waals surface area contributed by atoms with E-state index in [9.17, 15) is 0 Å². The van der Waals surface area contributed by atoms with Gasteiger partial charge < -0.3 is 0 Å². The molecule has 0 heteroatoms. The van der Waals surface area contributed by atoms with Gasteiger partial charge in [-0.15, -0.1) is 0 Å². The maximum Gasteiger partial charge on any atom is -0.0100 e. The Morgan fingerprint density at radius 2 is 1.59 bits per heavy atom. The van der Waals surface area contributed by atoms with E-state index in [1.165, 1.54) is 29.6 Å². The highest BCUT2D eigenvalue weighted by Gasteiger charge is 2.36. The molecule has 0 fully saturated rings. The van der Waals surface area contributed by atoms with E-state index < -0.39 is 0 Å². The van der Waals surface area contributed by atoms with Crippen molar-refractivity contribution in [1.29, 1.82) is 0 Å². The first-order valence-corrected chi connectivity index (χ1v) is 8.49. The van der Waals surface area contributed by atoms with Crippen molar-refractivity contribution in [1.82, 2.24) is 0 Å². The lowest BCUT2D eigenvalue weighted by molar-refractivity contribution is 0.332. The van der Waals surface area contributed by atoms with Crippen molar-refractivity contribution in [3.8, 4) is 0 Å². The molecule has 2 aliphatic rings. The van der Waals surface area contributed by atoms with E-state index in [4.69, 9.17) is 0 Å². The molecule has 0 unspecified atom stereocenters. The van der Waals surface area contributed by atoms with Crippen LogP contribution in [0.2, 0.25) is 0 Å². The van der Waals surface area contributed by atoms with Crippen LogP contribution in [0.5, 0.6) is 0 Å². The summed E-state index contributed by atoms with van der Waals surface area (Å²) >= 11 is 0. The van der Waals surface area contributed by atoms with Gasteiger partial charge in [-0.1, -0.05) is 75.8 Å². The highest BCUT2D eigenvalue weighted by atomic mass is 14.4. The molecule has 0 aliphatic heterocycles. The number of allylic oxidation sites excluding steroid dienone is 6. The number of hydrogen-bond acceptors (Lipinski definition) is 0. The molecule has 1 aromatic rings. The van der Waals surface area contributed by atoms with Crippen molar-refractivity contribution in [3.63, 3.8) is 0 Å². The van der Waals surface area contributed by atoms with Crippen LogP contribution in [-0.2, 0) is 10.8 Å². The van der Waals surface area contributed by atoms with Crippen molar-refractivity contribution in [2.24, 2.45) is 0 Å². The van der Waals surface area contributed by atoms with Gasteiger partial charge in [0.1, 0.15) is 0 Å². The molecule has 1 aromatic carbocycles. The normalized spacial score (nSPS) is 22.4. The first kappa shape index (κ1) is 15.3. The van der Waals surface area contributed by atoms with Crippen LogP contribution in [0.3, 0.4) is 0 Å². The lowest BCUT2D eigenvalue weighted by atomic mass is 9.63. The fraction of sp³-hybridized carbons (Fsp3) is 0.455. The molecule has 0 spiro atoms. The molecule has 0 atom stereocenters. The summed E-state index contributed by atoms with van der Waals surface area (Å²) < 4.78 is 0. The maximum absolute atomic E-state index is 2.45. The minimum atomic E-state index is 0.282. The highest BCUT2D eigenvalue weighted by Crippen LogP contribution is 2.46. The zero-order valence-electron chi connectivity index (χ0n) is 14.7. The van der Waals surface area contributed by atoms with Gasteiger partial charge in [0.15, 0.2) is 0 Å². The van der Waals surface area contributed by atoms with E-state index in [-0.39, 0.29) is 5.41 Å². The number of benzene rings is 1. The molecule has 0 aromatic heterocycles. The Balaban J connectivity index is 2.07. The van der Waals surface area contributed by atoms with Gasteiger partial charge in [-0.05, 0) is 59.3 Å². The van der Waals surface area contributed by atoms with Crippen molar-refractivity contribution >= 4 is 5.57 Å². The molecule has 0 N–H and O–H groups in total. The lowest BCUT2D eigenvalue weighted by Crippen LogP contribution is -2.33. The van der Waals surface area contributed by atoms with E-state index in [0.29, 0.717) is 5.41 Å². The van der Waals surface area contributed by atoms with E-state index in [1.54, 1.807) is 11.1 Å². The monoisotopic (exact) mass is 292 g/mol. The molecule has 22 heavy (non-hydrogen) atoms. The standard InChI is InChI=1S/C22H28/c1-16-7-6-8-17(10-9-16)18-11-12-19-20(15-18)22(4,5)14-13-21(19,2)3/h6-8,10-12,15H,9,13-14H2,1-5H3. The van der Waals surface area contributed by atoms with Gasteiger partial charge >= 0.3 is 0 Å². The Morgan fingerprint density at radius 3 is 2.32 bits per heavy atom. The van der Waals surface area contributed by atoms with Gasteiger partial charge in [0.05, 0.1) is 0 Å². The summed E-state index contributed by atoms with van der Waals surface area (Å²) in [4.78, 5) is 0. The van der Waals surface area contributed by atoms with Gasteiger partial charge in [-0.25, -0.2) is 0 Å². The average Bonchev–Trinajstić information content (AvgIpc) is 2.68. The van der Waals surface area contributed by atoms with Gasteiger partial charge in [0.25, 0.3) is 0 Å². The summed E-state index contributed by atoms with van der Waals surface area (Å²) in [6, 6.07) is 7.15. The van der Waals surface area contributed by atoms with Crippen molar-refractivity contribution in [2.75, 3.05) is 0 Å². The Labute approximate surface area is 135 Å². The molecule has 0 amide bonds. The molecule has 0 nitrogen and oxygen atoms in total. The number of hydrogen-bond donors (Lipinski definition) is 0. The Bertz CT molecular complexity index is 678. The van der Waals surface area contributed by atoms with Crippen LogP contribution in [0.1, 0.15) is 70.6 Å². The van der Waals surface area contributed by atoms with Crippen LogP contribution in [0.15, 0.2) is 48.1 Å². The summed E-state index contributed by atoms with van der Waals surface area (Å²) in [5, 5.41) is 0. The second-order valence-corrected chi connectivity index (χ2v) is 8.26. The summed E-state index contributed by atoms with van der Waals surface area (Å²) in [6.07, 6.45) is 12.6. The van der Waals surface area contributed by atoms with Crippen LogP contribution in [-0.4, -0.2) is 0 Å². The van der Waals surface area contributed by atoms with Crippen molar-refractivity contribution in [3.05, 3.63) is 64.8 Å². The minimum absolute atomic E-state index is 0.282. The van der Waals surface area contributed by atoms with Crippen LogP contribution < -0.4 is 0 Å². The Kier molecular flexibility index (Phi) is 3.67. The fourth-order valence-electron chi connectivity index (χ4n) is 3.71. The molecular formula is C22H28. The summed E-state index contributed by atoms with van der Waals surface area (Å²) in [6.45, 7) is 11.8. The third kappa shape index (κ3) is 2.72. The Morgan fingerprint density at radius 1 is 0.909 bits per heavy atom. The molecule has 2 aliphatic carbocycles. The van der Waals surface area contributed by atoms with Crippen molar-refractivity contribution in [2.45, 2.75) is 64.7 Å². The minimum Gasteiger partial charge on any atom is -0.0726 e. The van der Waals surface area contributed by atoms with E-state index in [2.05, 4.69) is 77.1 Å². The van der Waals surface area contributed by atoms with Crippen molar-refractivity contribution < 1.29 is 0 Å². The predicted molar refractivity (Wildman–Crippen MR) is 97.2 cm³/mol. The zero-order valence-corrected chi connectivity index (χ0v) is 14.7. The second kappa shape index (κ2) is 5.26. The van der Waals surface area contributed by atoms with Gasteiger partial charge in [0, 0.05) is 0 Å². The van der Waals surface area contributed by atoms with E-state index >= 15 is 0 Å². The summed E-state index contributed by atoms with van der Waals surface area (Å²) in [7, 11) is 0. The van der Waals surface area contributed by atoms with Gasteiger partial charge in [0.2, 0.25) is 0 Å². The zero-order chi connectivity index (χ0) is 16.0. The molecule has 0 saturated carbocycles. The first-order valence-electron chi connectivity index (χ1n) is 8.49. The van der Waals surface area contributed by atoms with Crippen LogP contribution in [0.25, 0.3) is 5.57 Å². The third-order valence-corrected chi connectivity index (χ3v) is 5.49. The first-order chi connectivity index (χ1) is 10.3. The molecule has 0 radical (unpaired) electrons. The van der Waals surface area contributed by atoms with E-state index in [0.717, 1.165) is 6.42 Å². The fourth-order valence-corrected chi connectivity index (χ4v) is 3.71. The van der Waals surface area contributed by atoms with E-state index in [1.807, 2.05) is 0 Å². The van der Waals surface area contributed by atoms with Crippen LogP contribution in [0, 0.1) is 0 Å². The number of rotatable bonds is 1. The largest absolute Gasteiger partial charge is 0.0726 e. The molecule has 116 valence electrons. The second-order valence-electron chi connectivity index (χ2n) is 8.26. The molecule has 0 saturated heterocycles. The SMILES string of the molecule is CC1=CC=CC(c2ccc3c(c2)C(C)(C)CCC3(C)C)=CC1. The maximum atomic E-state index is 2.45. The molecule has 0 bridgehead atoms. The van der Waals surface area contributed by atoms with Gasteiger partial charge in [-0.2, -0.15) is 0 Å². The molecule has 3 rings (SSSR count). The molecular weight excluding hydrogens is 264 g/mol. The quantitative estimate of drug-likeness (QED) is 0.567. The average molecular weight is 292 g/mol. The predicted octanol–water partition coefficient (Wildman–Crippen LogP) is 6.33. The molecule has 0 heterocycles. The van der Waals surface area contributed by atoms with Crippen LogP contribution in [0.4, 0.5) is 0 Å². The van der Waals surface area contributed by atoms with Crippen LogP contribution >= 0.6 is 0 Å². The summed E-state index contributed by atoms with van der Waals surface area (Å²) in [5.41, 5.74) is 7.81. The third-order valence-electron chi connectivity index (χ3n) is 5.49. The lowest BCUT2D eigenvalue weighted by Gasteiger charge is -2.42. The van der Waals surface area contributed by atoms with Gasteiger partial charge in [-0.3, -0.25) is 0 Å². The topological polar surface area (TPSA) is 0 Å². The Hall–Kier alpha value is -1.56. The highest BCUT2D eigenvalue weighted by molar-refractivity contribution is 5.76. The summed E-state index contributed by atoms with van der Waals surface area (Å²) in [5.74, 6) is 0.